The number of urea groups is 1. The Kier molecular flexibility index (Phi) is 7.55. The second-order valence-electron chi connectivity index (χ2n) is 4.18. The molecule has 0 saturated heterocycles. The molecule has 0 aromatic heterocycles. The third-order valence-corrected chi connectivity index (χ3v) is 2.78. The summed E-state index contributed by atoms with van der Waals surface area (Å²) in [5.41, 5.74) is 0. The van der Waals surface area contributed by atoms with E-state index in [-0.39, 0.29) is 13.2 Å². The molecule has 0 fully saturated rings. The van der Waals surface area contributed by atoms with Gasteiger partial charge < -0.3 is 20.1 Å². The number of carboxylic acids is 1. The number of hydrogen-bond donors (Lipinski definition) is 2. The fraction of sp³-hybridized carbons (Fsp3) is 0.750. The van der Waals surface area contributed by atoms with Gasteiger partial charge in [-0.05, 0) is 27.7 Å². The van der Waals surface area contributed by atoms with Gasteiger partial charge in [-0.15, -0.1) is 0 Å². The van der Waals surface area contributed by atoms with E-state index in [9.17, 15) is 14.4 Å². The van der Waals surface area contributed by atoms with E-state index in [0.29, 0.717) is 6.54 Å². The number of nitrogens with one attached hydrogen (secondary N) is 1. The number of nitrogens with zero attached hydrogens (tertiary/aromatic N) is 1. The summed E-state index contributed by atoms with van der Waals surface area (Å²) in [6.07, 6.45) is 0. The number of amides is 2. The molecule has 0 saturated carbocycles. The third kappa shape index (κ3) is 6.08. The summed E-state index contributed by atoms with van der Waals surface area (Å²) in [5.74, 6) is -2.18. The molecule has 0 bridgehead atoms. The van der Waals surface area contributed by atoms with Gasteiger partial charge in [0.05, 0.1) is 12.5 Å². The smallest absolute Gasteiger partial charge is 0.325 e. The lowest BCUT2D eigenvalue weighted by atomic mass is 10.0. The SMILES string of the molecule is CCOC(=O)CN(CC)C(=O)NC(C)C(C)C(=O)O. The van der Waals surface area contributed by atoms with E-state index in [2.05, 4.69) is 5.32 Å². The van der Waals surface area contributed by atoms with E-state index >= 15 is 0 Å². The van der Waals surface area contributed by atoms with E-state index in [0.717, 1.165) is 0 Å². The van der Waals surface area contributed by atoms with Crippen LogP contribution >= 0.6 is 0 Å². The second-order valence-corrected chi connectivity index (χ2v) is 4.18. The van der Waals surface area contributed by atoms with Crippen molar-refractivity contribution in [3.8, 4) is 0 Å². The van der Waals surface area contributed by atoms with E-state index < -0.39 is 29.9 Å². The Morgan fingerprint density at radius 3 is 2.26 bits per heavy atom. The summed E-state index contributed by atoms with van der Waals surface area (Å²) >= 11 is 0. The van der Waals surface area contributed by atoms with Crippen molar-refractivity contribution in [3.05, 3.63) is 0 Å². The number of ether oxygens (including phenoxy) is 1. The molecular weight excluding hydrogens is 252 g/mol. The normalized spacial score (nSPS) is 13.3. The van der Waals surface area contributed by atoms with E-state index in [4.69, 9.17) is 9.84 Å². The van der Waals surface area contributed by atoms with Crippen LogP contribution in [0.4, 0.5) is 4.79 Å². The Morgan fingerprint density at radius 2 is 1.84 bits per heavy atom. The molecule has 7 heteroatoms. The molecule has 0 spiro atoms. The summed E-state index contributed by atoms with van der Waals surface area (Å²) in [7, 11) is 0. The molecule has 0 aromatic rings. The molecule has 2 atom stereocenters. The third-order valence-electron chi connectivity index (χ3n) is 2.78. The van der Waals surface area contributed by atoms with Crippen LogP contribution in [0, 0.1) is 5.92 Å². The number of hydrogen-bond acceptors (Lipinski definition) is 4. The molecule has 0 aliphatic carbocycles. The molecule has 110 valence electrons. The van der Waals surface area contributed by atoms with Gasteiger partial charge in [-0.3, -0.25) is 9.59 Å². The van der Waals surface area contributed by atoms with Crippen molar-refractivity contribution in [2.75, 3.05) is 19.7 Å². The highest BCUT2D eigenvalue weighted by atomic mass is 16.5. The summed E-state index contributed by atoms with van der Waals surface area (Å²) in [5, 5.41) is 11.4. The summed E-state index contributed by atoms with van der Waals surface area (Å²) in [4.78, 5) is 35.2. The van der Waals surface area contributed by atoms with Crippen molar-refractivity contribution in [3.63, 3.8) is 0 Å². The van der Waals surface area contributed by atoms with Crippen molar-refractivity contribution < 1.29 is 24.2 Å². The minimum atomic E-state index is -0.985. The number of aliphatic carboxylic acids is 1. The van der Waals surface area contributed by atoms with Crippen molar-refractivity contribution in [2.24, 2.45) is 5.92 Å². The standard InChI is InChI=1S/C12H22N2O5/c1-5-14(7-10(15)19-6-2)12(18)13-9(4)8(3)11(16)17/h8-9H,5-7H2,1-4H3,(H,13,18)(H,16,17). The highest BCUT2D eigenvalue weighted by Gasteiger charge is 2.24. The zero-order valence-electron chi connectivity index (χ0n) is 11.8. The van der Waals surface area contributed by atoms with Crippen molar-refractivity contribution in [1.29, 1.82) is 0 Å². The highest BCUT2D eigenvalue weighted by molar-refractivity contribution is 5.81. The first-order chi connectivity index (χ1) is 8.83. The molecule has 0 aliphatic heterocycles. The monoisotopic (exact) mass is 274 g/mol. The maximum Gasteiger partial charge on any atom is 0.325 e. The summed E-state index contributed by atoms with van der Waals surface area (Å²) < 4.78 is 4.76. The van der Waals surface area contributed by atoms with Crippen molar-refractivity contribution in [2.45, 2.75) is 33.7 Å². The quantitative estimate of drug-likeness (QED) is 0.666. The van der Waals surface area contributed by atoms with E-state index in [1.165, 1.54) is 11.8 Å². The Balaban J connectivity index is 4.43. The number of carboxylic acid groups (broad SMARTS) is 1. The zero-order valence-corrected chi connectivity index (χ0v) is 11.8. The number of carbonyl (C=O) groups is 3. The van der Waals surface area contributed by atoms with Crippen LogP contribution in [-0.4, -0.2) is 53.7 Å². The minimum absolute atomic E-state index is 0.148. The number of carbonyl (C=O) groups excluding carboxylic acids is 2. The van der Waals surface area contributed by atoms with Crippen LogP contribution in [0.5, 0.6) is 0 Å². The first kappa shape index (κ1) is 17.2. The summed E-state index contributed by atoms with van der Waals surface area (Å²) in [6.45, 7) is 6.96. The number of esters is 1. The molecular formula is C12H22N2O5. The predicted octanol–water partition coefficient (Wildman–Crippen LogP) is 0.690. The lowest BCUT2D eigenvalue weighted by molar-refractivity contribution is -0.144. The lowest BCUT2D eigenvalue weighted by Gasteiger charge is -2.24. The number of likely N-dealkylation sites (N-methyl/N-ethyl adjacent to an activating group) is 1. The zero-order chi connectivity index (χ0) is 15.0. The predicted molar refractivity (Wildman–Crippen MR) is 68.7 cm³/mol. The minimum Gasteiger partial charge on any atom is -0.481 e. The molecule has 7 nitrogen and oxygen atoms in total. The molecule has 19 heavy (non-hydrogen) atoms. The van der Waals surface area contributed by atoms with Crippen molar-refractivity contribution in [1.82, 2.24) is 10.2 Å². The van der Waals surface area contributed by atoms with Crippen LogP contribution in [0.1, 0.15) is 27.7 Å². The lowest BCUT2D eigenvalue weighted by Crippen LogP contribution is -2.48. The first-order valence-electron chi connectivity index (χ1n) is 6.27. The van der Waals surface area contributed by atoms with Gasteiger partial charge >= 0.3 is 18.0 Å². The van der Waals surface area contributed by atoms with Crippen LogP contribution in [0.15, 0.2) is 0 Å². The average Bonchev–Trinajstić information content (AvgIpc) is 2.34. The van der Waals surface area contributed by atoms with Crippen molar-refractivity contribution >= 4 is 18.0 Å². The Bertz CT molecular complexity index is 332. The maximum atomic E-state index is 11.9. The van der Waals surface area contributed by atoms with Gasteiger partial charge in [0.2, 0.25) is 0 Å². The molecule has 0 rings (SSSR count). The van der Waals surface area contributed by atoms with E-state index in [1.54, 1.807) is 20.8 Å². The van der Waals surface area contributed by atoms with Gasteiger partial charge in [0.1, 0.15) is 6.54 Å². The molecule has 2 N–H and O–H groups in total. The Labute approximate surface area is 112 Å². The molecule has 2 amide bonds. The largest absolute Gasteiger partial charge is 0.481 e. The molecule has 0 heterocycles. The van der Waals surface area contributed by atoms with Crippen LogP contribution in [-0.2, 0) is 14.3 Å². The van der Waals surface area contributed by atoms with Crippen LogP contribution in [0.25, 0.3) is 0 Å². The molecule has 0 radical (unpaired) electrons. The topological polar surface area (TPSA) is 95.9 Å². The first-order valence-corrected chi connectivity index (χ1v) is 6.27. The van der Waals surface area contributed by atoms with Crippen LogP contribution in [0.3, 0.4) is 0 Å². The second kappa shape index (κ2) is 8.34. The van der Waals surface area contributed by atoms with Crippen LogP contribution < -0.4 is 5.32 Å². The number of rotatable bonds is 7. The van der Waals surface area contributed by atoms with Gasteiger partial charge in [0.25, 0.3) is 0 Å². The Morgan fingerprint density at radius 1 is 1.26 bits per heavy atom. The van der Waals surface area contributed by atoms with Gasteiger partial charge in [-0.2, -0.15) is 0 Å². The maximum absolute atomic E-state index is 11.9. The summed E-state index contributed by atoms with van der Waals surface area (Å²) in [6, 6.07) is -1.00. The Hall–Kier alpha value is -1.79. The fourth-order valence-corrected chi connectivity index (χ4v) is 1.31. The van der Waals surface area contributed by atoms with Gasteiger partial charge in [0, 0.05) is 12.6 Å². The van der Waals surface area contributed by atoms with Gasteiger partial charge in [0.15, 0.2) is 0 Å². The van der Waals surface area contributed by atoms with Crippen LogP contribution in [0.2, 0.25) is 0 Å². The fourth-order valence-electron chi connectivity index (χ4n) is 1.31. The molecule has 0 aromatic carbocycles. The molecule has 0 aliphatic rings. The highest BCUT2D eigenvalue weighted by Crippen LogP contribution is 2.03. The average molecular weight is 274 g/mol. The van der Waals surface area contributed by atoms with Gasteiger partial charge in [-0.25, -0.2) is 4.79 Å². The molecule has 2 unspecified atom stereocenters. The van der Waals surface area contributed by atoms with E-state index in [1.807, 2.05) is 0 Å². The van der Waals surface area contributed by atoms with Gasteiger partial charge in [-0.1, -0.05) is 0 Å².